The second-order valence-electron chi connectivity index (χ2n) is 7.48. The first-order valence-electron chi connectivity index (χ1n) is 10.4. The smallest absolute Gasteiger partial charge is 0.119 e. The lowest BCUT2D eigenvalue weighted by molar-refractivity contribution is 0.261. The zero-order valence-corrected chi connectivity index (χ0v) is 18.4. The van der Waals surface area contributed by atoms with Gasteiger partial charge in [0.2, 0.25) is 0 Å². The Labute approximate surface area is 180 Å². The van der Waals surface area contributed by atoms with Gasteiger partial charge >= 0.3 is 0 Å². The third-order valence-electron chi connectivity index (χ3n) is 5.09. The van der Waals surface area contributed by atoms with Crippen LogP contribution in [0.1, 0.15) is 30.0 Å². The molecule has 0 radical (unpaired) electrons. The Morgan fingerprint density at radius 3 is 2.10 bits per heavy atom. The predicted molar refractivity (Wildman–Crippen MR) is 126 cm³/mol. The molecule has 0 atom stereocenters. The van der Waals surface area contributed by atoms with Gasteiger partial charge in [0.15, 0.2) is 0 Å². The summed E-state index contributed by atoms with van der Waals surface area (Å²) < 4.78 is 11.4. The molecule has 0 aromatic heterocycles. The van der Waals surface area contributed by atoms with Crippen LogP contribution in [0, 0.1) is 0 Å². The molecule has 3 heteroatoms. The lowest BCUT2D eigenvalue weighted by Crippen LogP contribution is -2.19. The molecule has 0 fully saturated rings. The van der Waals surface area contributed by atoms with Gasteiger partial charge in [-0.3, -0.25) is 0 Å². The third kappa shape index (κ3) is 5.52. The Balaban J connectivity index is 2.05. The standard InChI is InChI=1S/C27H31NO2/c1-5-26(21-10-7-6-8-11-21)27(23-12-9-13-25(20-23)29-4)22-14-16-24(17-15-22)30-19-18-28(2)3/h6-17,20H,5,18-19H2,1-4H3/b27-26+. The van der Waals surface area contributed by atoms with Crippen molar-refractivity contribution in [1.29, 1.82) is 0 Å². The van der Waals surface area contributed by atoms with Crippen molar-refractivity contribution in [1.82, 2.24) is 4.90 Å². The van der Waals surface area contributed by atoms with E-state index in [-0.39, 0.29) is 0 Å². The average molecular weight is 402 g/mol. The molecule has 0 heterocycles. The number of rotatable bonds is 9. The molecular formula is C27H31NO2. The molecule has 3 rings (SSSR count). The summed E-state index contributed by atoms with van der Waals surface area (Å²) in [7, 11) is 5.81. The first kappa shape index (κ1) is 21.7. The van der Waals surface area contributed by atoms with E-state index >= 15 is 0 Å². The maximum Gasteiger partial charge on any atom is 0.119 e. The molecular weight excluding hydrogens is 370 g/mol. The molecule has 0 spiro atoms. The second-order valence-corrected chi connectivity index (χ2v) is 7.48. The Hall–Kier alpha value is -3.04. The first-order chi connectivity index (χ1) is 14.6. The van der Waals surface area contributed by atoms with E-state index in [1.54, 1.807) is 7.11 Å². The van der Waals surface area contributed by atoms with Crippen LogP contribution in [0.2, 0.25) is 0 Å². The fraction of sp³-hybridized carbons (Fsp3) is 0.259. The molecule has 156 valence electrons. The van der Waals surface area contributed by atoms with E-state index in [9.17, 15) is 0 Å². The number of benzene rings is 3. The lowest BCUT2D eigenvalue weighted by Gasteiger charge is -2.17. The first-order valence-corrected chi connectivity index (χ1v) is 10.4. The highest BCUT2D eigenvalue weighted by Crippen LogP contribution is 2.36. The quantitative estimate of drug-likeness (QED) is 0.410. The van der Waals surface area contributed by atoms with Crippen molar-refractivity contribution in [3.63, 3.8) is 0 Å². The van der Waals surface area contributed by atoms with Gasteiger partial charge in [0.1, 0.15) is 18.1 Å². The Morgan fingerprint density at radius 2 is 1.47 bits per heavy atom. The lowest BCUT2D eigenvalue weighted by atomic mass is 9.88. The predicted octanol–water partition coefficient (Wildman–Crippen LogP) is 6.00. The SMILES string of the molecule is CC/C(=C(/c1ccc(OCCN(C)C)cc1)c1cccc(OC)c1)c1ccccc1. The molecule has 0 aliphatic carbocycles. The maximum absolute atomic E-state index is 5.89. The van der Waals surface area contributed by atoms with Crippen molar-refractivity contribution < 1.29 is 9.47 Å². The van der Waals surface area contributed by atoms with Crippen molar-refractivity contribution in [2.24, 2.45) is 0 Å². The molecule has 3 aromatic rings. The molecule has 3 nitrogen and oxygen atoms in total. The average Bonchev–Trinajstić information content (AvgIpc) is 2.78. The summed E-state index contributed by atoms with van der Waals surface area (Å²) in [5.41, 5.74) is 6.09. The van der Waals surface area contributed by atoms with Crippen LogP contribution in [0.4, 0.5) is 0 Å². The number of methoxy groups -OCH3 is 1. The number of hydrogen-bond acceptors (Lipinski definition) is 3. The molecule has 0 amide bonds. The number of hydrogen-bond donors (Lipinski definition) is 0. The van der Waals surface area contributed by atoms with Crippen molar-refractivity contribution in [2.75, 3.05) is 34.4 Å². The summed E-state index contributed by atoms with van der Waals surface area (Å²) in [6.07, 6.45) is 0.928. The van der Waals surface area contributed by atoms with Gasteiger partial charge in [-0.05, 0) is 72.6 Å². The minimum absolute atomic E-state index is 0.676. The molecule has 0 saturated carbocycles. The zero-order valence-electron chi connectivity index (χ0n) is 18.4. The molecule has 0 bridgehead atoms. The molecule has 0 unspecified atom stereocenters. The summed E-state index contributed by atoms with van der Waals surface area (Å²) in [5, 5.41) is 0. The minimum Gasteiger partial charge on any atom is -0.497 e. The highest BCUT2D eigenvalue weighted by Gasteiger charge is 2.14. The molecule has 0 aliphatic heterocycles. The van der Waals surface area contributed by atoms with Gasteiger partial charge in [-0.1, -0.05) is 61.5 Å². The van der Waals surface area contributed by atoms with Crippen LogP contribution in [-0.4, -0.2) is 39.3 Å². The number of likely N-dealkylation sites (N-methyl/N-ethyl adjacent to an activating group) is 1. The van der Waals surface area contributed by atoms with Gasteiger partial charge in [-0.15, -0.1) is 0 Å². The van der Waals surface area contributed by atoms with Crippen molar-refractivity contribution in [3.8, 4) is 11.5 Å². The van der Waals surface area contributed by atoms with Gasteiger partial charge in [0, 0.05) is 6.54 Å². The van der Waals surface area contributed by atoms with Gasteiger partial charge in [0.25, 0.3) is 0 Å². The second kappa shape index (κ2) is 10.7. The zero-order chi connectivity index (χ0) is 21.3. The summed E-state index contributed by atoms with van der Waals surface area (Å²) in [6.45, 7) is 3.78. The molecule has 0 N–H and O–H groups in total. The number of ether oxygens (including phenoxy) is 2. The highest BCUT2D eigenvalue weighted by molar-refractivity contribution is 5.98. The minimum atomic E-state index is 0.676. The van der Waals surface area contributed by atoms with E-state index in [0.29, 0.717) is 6.61 Å². The highest BCUT2D eigenvalue weighted by atomic mass is 16.5. The number of nitrogens with zero attached hydrogens (tertiary/aromatic N) is 1. The van der Waals surface area contributed by atoms with E-state index < -0.39 is 0 Å². The van der Waals surface area contributed by atoms with E-state index in [2.05, 4.69) is 78.6 Å². The topological polar surface area (TPSA) is 21.7 Å². The fourth-order valence-corrected chi connectivity index (χ4v) is 3.52. The fourth-order valence-electron chi connectivity index (χ4n) is 3.52. The molecule has 3 aromatic carbocycles. The maximum atomic E-state index is 5.89. The van der Waals surface area contributed by atoms with Gasteiger partial charge in [-0.2, -0.15) is 0 Å². The van der Waals surface area contributed by atoms with Crippen molar-refractivity contribution in [3.05, 3.63) is 95.6 Å². The van der Waals surface area contributed by atoms with E-state index in [1.807, 2.05) is 26.2 Å². The molecule has 0 aliphatic rings. The number of allylic oxidation sites excluding steroid dienone is 1. The van der Waals surface area contributed by atoms with Crippen LogP contribution in [0.25, 0.3) is 11.1 Å². The van der Waals surface area contributed by atoms with Gasteiger partial charge in [-0.25, -0.2) is 0 Å². The van der Waals surface area contributed by atoms with Crippen LogP contribution >= 0.6 is 0 Å². The summed E-state index contributed by atoms with van der Waals surface area (Å²) in [5.74, 6) is 1.75. The van der Waals surface area contributed by atoms with Crippen LogP contribution in [0.3, 0.4) is 0 Å². The van der Waals surface area contributed by atoms with Crippen LogP contribution in [0.15, 0.2) is 78.9 Å². The largest absolute Gasteiger partial charge is 0.497 e. The van der Waals surface area contributed by atoms with Gasteiger partial charge in [0.05, 0.1) is 7.11 Å². The Morgan fingerprint density at radius 1 is 0.767 bits per heavy atom. The normalized spacial score (nSPS) is 11.9. The summed E-state index contributed by atoms with van der Waals surface area (Å²) in [6, 6.07) is 27.3. The van der Waals surface area contributed by atoms with Crippen LogP contribution in [-0.2, 0) is 0 Å². The van der Waals surface area contributed by atoms with E-state index in [1.165, 1.54) is 22.3 Å². The Bertz CT molecular complexity index is 960. The van der Waals surface area contributed by atoms with Crippen molar-refractivity contribution in [2.45, 2.75) is 13.3 Å². The molecule has 0 saturated heterocycles. The summed E-state index contributed by atoms with van der Waals surface area (Å²) >= 11 is 0. The third-order valence-corrected chi connectivity index (χ3v) is 5.09. The van der Waals surface area contributed by atoms with E-state index in [0.717, 1.165) is 30.0 Å². The van der Waals surface area contributed by atoms with Gasteiger partial charge < -0.3 is 14.4 Å². The van der Waals surface area contributed by atoms with Crippen LogP contribution < -0.4 is 9.47 Å². The Kier molecular flexibility index (Phi) is 7.69. The monoisotopic (exact) mass is 401 g/mol. The summed E-state index contributed by atoms with van der Waals surface area (Å²) in [4.78, 5) is 2.12. The van der Waals surface area contributed by atoms with Crippen LogP contribution in [0.5, 0.6) is 11.5 Å². The van der Waals surface area contributed by atoms with Crippen molar-refractivity contribution >= 4 is 11.1 Å². The molecule has 30 heavy (non-hydrogen) atoms. The van der Waals surface area contributed by atoms with E-state index in [4.69, 9.17) is 9.47 Å².